The molecular formula is C17H18FN3O5. The number of pyridine rings is 1. The molecule has 3 N–H and O–H groups in total. The molecule has 2 rings (SSSR count). The largest absolute Gasteiger partial charge is 0.463 e. The Balaban J connectivity index is 2.23. The predicted molar refractivity (Wildman–Crippen MR) is 91.6 cm³/mol. The van der Waals surface area contributed by atoms with Crippen LogP contribution in [0.2, 0.25) is 0 Å². The normalized spacial score (nSPS) is 10.1. The summed E-state index contributed by atoms with van der Waals surface area (Å²) < 4.78 is 29.5. The smallest absolute Gasteiger partial charge is 0.344 e. The first-order valence-electron chi connectivity index (χ1n) is 7.68. The maximum absolute atomic E-state index is 13.9. The summed E-state index contributed by atoms with van der Waals surface area (Å²) >= 11 is 0. The minimum Gasteiger partial charge on any atom is -0.463 e. The maximum Gasteiger partial charge on any atom is 0.344 e. The molecule has 0 bridgehead atoms. The van der Waals surface area contributed by atoms with E-state index < -0.39 is 17.7 Å². The number of ether oxygens (including phenoxy) is 3. The van der Waals surface area contributed by atoms with Crippen molar-refractivity contribution in [3.05, 3.63) is 36.3 Å². The molecule has 0 radical (unpaired) electrons. The van der Waals surface area contributed by atoms with E-state index in [4.69, 9.17) is 19.9 Å². The number of nitrogens with one attached hydrogen (secondary N) is 1. The number of esters is 1. The number of carbonyl (C=O) groups is 2. The fourth-order valence-electron chi connectivity index (χ4n) is 1.95. The molecule has 0 saturated carbocycles. The summed E-state index contributed by atoms with van der Waals surface area (Å²) in [4.78, 5) is 26.5. The third-order valence-corrected chi connectivity index (χ3v) is 3.00. The van der Waals surface area contributed by atoms with Gasteiger partial charge in [-0.2, -0.15) is 0 Å². The van der Waals surface area contributed by atoms with Crippen molar-refractivity contribution >= 4 is 23.3 Å². The molecule has 1 aromatic carbocycles. The van der Waals surface area contributed by atoms with Crippen LogP contribution in [0.5, 0.6) is 17.4 Å². The van der Waals surface area contributed by atoms with Crippen molar-refractivity contribution in [3.63, 3.8) is 0 Å². The fraction of sp³-hybridized carbons (Fsp3) is 0.235. The molecule has 9 heteroatoms. The van der Waals surface area contributed by atoms with Gasteiger partial charge in [0.2, 0.25) is 5.91 Å². The van der Waals surface area contributed by atoms with Gasteiger partial charge in [0.15, 0.2) is 18.1 Å². The Morgan fingerprint density at radius 3 is 2.77 bits per heavy atom. The summed E-state index contributed by atoms with van der Waals surface area (Å²) in [5.74, 6) is -1.42. The van der Waals surface area contributed by atoms with Crippen LogP contribution in [-0.2, 0) is 14.3 Å². The van der Waals surface area contributed by atoms with Gasteiger partial charge in [-0.1, -0.05) is 0 Å². The molecule has 0 fully saturated rings. The standard InChI is InChI=1S/C17H18FN3O5/c1-3-24-16(23)9-25-17-14(5-4-6-20-17)26-15-8-13(21-10(2)22)11(18)7-12(15)19/h4-8H,3,9,19H2,1-2H3,(H,21,22). The highest BCUT2D eigenvalue weighted by Gasteiger charge is 2.15. The second-order valence-corrected chi connectivity index (χ2v) is 5.05. The summed E-state index contributed by atoms with van der Waals surface area (Å²) in [7, 11) is 0. The lowest BCUT2D eigenvalue weighted by Crippen LogP contribution is -2.15. The Morgan fingerprint density at radius 2 is 2.08 bits per heavy atom. The summed E-state index contributed by atoms with van der Waals surface area (Å²) in [6.45, 7) is 2.80. The van der Waals surface area contributed by atoms with Crippen LogP contribution in [0.1, 0.15) is 13.8 Å². The van der Waals surface area contributed by atoms with Crippen molar-refractivity contribution in [1.29, 1.82) is 0 Å². The molecule has 0 atom stereocenters. The van der Waals surface area contributed by atoms with Gasteiger partial charge in [0, 0.05) is 25.3 Å². The average Bonchev–Trinajstić information content (AvgIpc) is 2.58. The van der Waals surface area contributed by atoms with E-state index >= 15 is 0 Å². The zero-order valence-electron chi connectivity index (χ0n) is 14.2. The van der Waals surface area contributed by atoms with E-state index in [2.05, 4.69) is 10.3 Å². The number of hydrogen-bond acceptors (Lipinski definition) is 7. The number of nitrogens with zero attached hydrogens (tertiary/aromatic N) is 1. The van der Waals surface area contributed by atoms with E-state index in [1.165, 1.54) is 25.3 Å². The molecular weight excluding hydrogens is 345 g/mol. The Labute approximate surface area is 149 Å². The van der Waals surface area contributed by atoms with Gasteiger partial charge in [0.05, 0.1) is 18.0 Å². The zero-order valence-corrected chi connectivity index (χ0v) is 14.2. The highest BCUT2D eigenvalue weighted by atomic mass is 19.1. The molecule has 0 spiro atoms. The van der Waals surface area contributed by atoms with Crippen LogP contribution >= 0.6 is 0 Å². The number of nitrogen functional groups attached to an aromatic ring is 1. The third-order valence-electron chi connectivity index (χ3n) is 3.00. The SMILES string of the molecule is CCOC(=O)COc1ncccc1Oc1cc(NC(C)=O)c(F)cc1N. The molecule has 0 aliphatic heterocycles. The van der Waals surface area contributed by atoms with Gasteiger partial charge >= 0.3 is 5.97 Å². The van der Waals surface area contributed by atoms with Crippen LogP contribution < -0.4 is 20.5 Å². The number of anilines is 2. The lowest BCUT2D eigenvalue weighted by Gasteiger charge is -2.14. The third kappa shape index (κ3) is 5.07. The van der Waals surface area contributed by atoms with Crippen molar-refractivity contribution in [1.82, 2.24) is 4.98 Å². The first-order chi connectivity index (χ1) is 12.4. The number of carbonyl (C=O) groups excluding carboxylic acids is 2. The average molecular weight is 363 g/mol. The Kier molecular flexibility index (Phi) is 6.31. The molecule has 8 nitrogen and oxygen atoms in total. The van der Waals surface area contributed by atoms with E-state index in [1.807, 2.05) is 0 Å². The highest BCUT2D eigenvalue weighted by molar-refractivity contribution is 5.89. The van der Waals surface area contributed by atoms with Gasteiger partial charge in [-0.15, -0.1) is 0 Å². The van der Waals surface area contributed by atoms with E-state index in [0.717, 1.165) is 6.07 Å². The lowest BCUT2D eigenvalue weighted by atomic mass is 10.2. The molecule has 1 aromatic heterocycles. The Hall–Kier alpha value is -3.36. The van der Waals surface area contributed by atoms with E-state index in [1.54, 1.807) is 13.0 Å². The maximum atomic E-state index is 13.9. The van der Waals surface area contributed by atoms with Gasteiger partial charge in [0.1, 0.15) is 5.82 Å². The van der Waals surface area contributed by atoms with Crippen LogP contribution in [0.4, 0.5) is 15.8 Å². The molecule has 26 heavy (non-hydrogen) atoms. The summed E-state index contributed by atoms with van der Waals surface area (Å²) in [6.07, 6.45) is 1.45. The quantitative estimate of drug-likeness (QED) is 0.574. The molecule has 138 valence electrons. The monoisotopic (exact) mass is 363 g/mol. The Bertz CT molecular complexity index is 813. The number of aromatic nitrogens is 1. The minimum absolute atomic E-state index is 0.0109. The van der Waals surface area contributed by atoms with Crippen LogP contribution in [0.15, 0.2) is 30.5 Å². The number of halogens is 1. The summed E-state index contributed by atoms with van der Waals surface area (Å²) in [5.41, 5.74) is 5.69. The number of amides is 1. The van der Waals surface area contributed by atoms with Gasteiger partial charge in [0.25, 0.3) is 5.88 Å². The topological polar surface area (TPSA) is 113 Å². The number of nitrogens with two attached hydrogens (primary N) is 1. The van der Waals surface area contributed by atoms with E-state index in [-0.39, 0.29) is 42.0 Å². The second kappa shape index (κ2) is 8.65. The first-order valence-corrected chi connectivity index (χ1v) is 7.68. The van der Waals surface area contributed by atoms with E-state index in [0.29, 0.717) is 0 Å². The van der Waals surface area contributed by atoms with Gasteiger partial charge in [-0.25, -0.2) is 14.2 Å². The fourth-order valence-corrected chi connectivity index (χ4v) is 1.95. The summed E-state index contributed by atoms with van der Waals surface area (Å²) in [6, 6.07) is 5.39. The van der Waals surface area contributed by atoms with Crippen molar-refractivity contribution in [2.45, 2.75) is 13.8 Å². The number of hydrogen-bond donors (Lipinski definition) is 2. The van der Waals surface area contributed by atoms with Gasteiger partial charge < -0.3 is 25.3 Å². The molecule has 2 aromatic rings. The van der Waals surface area contributed by atoms with Crippen molar-refractivity contribution in [2.75, 3.05) is 24.3 Å². The molecule has 0 aliphatic rings. The molecule has 1 heterocycles. The summed E-state index contributed by atoms with van der Waals surface area (Å²) in [5, 5.41) is 2.34. The van der Waals surface area contributed by atoms with Crippen LogP contribution in [0.25, 0.3) is 0 Å². The highest BCUT2D eigenvalue weighted by Crippen LogP contribution is 2.35. The lowest BCUT2D eigenvalue weighted by molar-refractivity contribution is -0.145. The van der Waals surface area contributed by atoms with Crippen LogP contribution in [0.3, 0.4) is 0 Å². The predicted octanol–water partition coefficient (Wildman–Crippen LogP) is 2.50. The van der Waals surface area contributed by atoms with Crippen LogP contribution in [-0.4, -0.2) is 30.1 Å². The van der Waals surface area contributed by atoms with Gasteiger partial charge in [-0.3, -0.25) is 4.79 Å². The molecule has 0 saturated heterocycles. The second-order valence-electron chi connectivity index (χ2n) is 5.05. The first kappa shape index (κ1) is 19.0. The zero-order chi connectivity index (χ0) is 19.1. The van der Waals surface area contributed by atoms with Crippen molar-refractivity contribution < 1.29 is 28.2 Å². The van der Waals surface area contributed by atoms with Crippen molar-refractivity contribution in [2.24, 2.45) is 0 Å². The van der Waals surface area contributed by atoms with Crippen LogP contribution in [0, 0.1) is 5.82 Å². The number of benzene rings is 1. The molecule has 0 aliphatic carbocycles. The van der Waals surface area contributed by atoms with Gasteiger partial charge in [-0.05, 0) is 19.1 Å². The molecule has 0 unspecified atom stereocenters. The van der Waals surface area contributed by atoms with Crippen molar-refractivity contribution in [3.8, 4) is 17.4 Å². The molecule has 1 amide bonds. The minimum atomic E-state index is -0.699. The number of rotatable bonds is 7. The Morgan fingerprint density at radius 1 is 1.31 bits per heavy atom. The van der Waals surface area contributed by atoms with E-state index in [9.17, 15) is 14.0 Å².